The molecule has 0 spiro atoms. The standard InChI is InChI=1S/C18H31NO2/c1-5-13-19-17(6-2)15-9-11-16(12-10-15)21-14-18(20,7-3)8-4/h9-12,17,19-20H,5-8,13-14H2,1-4H3. The Bertz CT molecular complexity index is 385. The molecule has 0 aliphatic heterocycles. The summed E-state index contributed by atoms with van der Waals surface area (Å²) in [6.07, 6.45) is 3.64. The molecule has 0 aliphatic rings. The topological polar surface area (TPSA) is 41.5 Å². The summed E-state index contributed by atoms with van der Waals surface area (Å²) in [6, 6.07) is 8.63. The molecule has 0 saturated heterocycles. The molecule has 0 aromatic heterocycles. The van der Waals surface area contributed by atoms with Crippen molar-refractivity contribution < 1.29 is 9.84 Å². The van der Waals surface area contributed by atoms with E-state index >= 15 is 0 Å². The van der Waals surface area contributed by atoms with Gasteiger partial charge in [-0.1, -0.05) is 39.8 Å². The number of hydrogen-bond acceptors (Lipinski definition) is 3. The summed E-state index contributed by atoms with van der Waals surface area (Å²) >= 11 is 0. The molecule has 0 aliphatic carbocycles. The van der Waals surface area contributed by atoms with Crippen LogP contribution in [0.3, 0.4) is 0 Å². The monoisotopic (exact) mass is 293 g/mol. The second-order valence-corrected chi connectivity index (χ2v) is 5.70. The third kappa shape index (κ3) is 5.68. The highest BCUT2D eigenvalue weighted by molar-refractivity contribution is 5.29. The minimum absolute atomic E-state index is 0.352. The van der Waals surface area contributed by atoms with Gasteiger partial charge in [-0.25, -0.2) is 0 Å². The molecule has 1 aromatic carbocycles. The molecule has 2 N–H and O–H groups in total. The van der Waals surface area contributed by atoms with Crippen molar-refractivity contribution in [2.45, 2.75) is 65.0 Å². The SMILES string of the molecule is CCCNC(CC)c1ccc(OCC(O)(CC)CC)cc1. The van der Waals surface area contributed by atoms with E-state index in [-0.39, 0.29) is 0 Å². The number of aliphatic hydroxyl groups is 1. The van der Waals surface area contributed by atoms with Gasteiger partial charge >= 0.3 is 0 Å². The Morgan fingerprint density at radius 1 is 1.10 bits per heavy atom. The number of hydrogen-bond donors (Lipinski definition) is 2. The van der Waals surface area contributed by atoms with E-state index in [0.29, 0.717) is 25.5 Å². The van der Waals surface area contributed by atoms with Crippen molar-refractivity contribution in [3.63, 3.8) is 0 Å². The minimum Gasteiger partial charge on any atom is -0.491 e. The second-order valence-electron chi connectivity index (χ2n) is 5.70. The van der Waals surface area contributed by atoms with Crippen molar-refractivity contribution in [3.8, 4) is 5.75 Å². The third-order valence-electron chi connectivity index (χ3n) is 4.16. The zero-order valence-electron chi connectivity index (χ0n) is 14.0. The predicted octanol–water partition coefficient (Wildman–Crippen LogP) is 4.07. The average Bonchev–Trinajstić information content (AvgIpc) is 2.54. The second kappa shape index (κ2) is 9.06. The third-order valence-corrected chi connectivity index (χ3v) is 4.16. The molecular weight excluding hydrogens is 262 g/mol. The van der Waals surface area contributed by atoms with Crippen LogP contribution in [0.4, 0.5) is 0 Å². The van der Waals surface area contributed by atoms with Crippen molar-refractivity contribution in [3.05, 3.63) is 29.8 Å². The van der Waals surface area contributed by atoms with Crippen molar-refractivity contribution in [2.75, 3.05) is 13.2 Å². The van der Waals surface area contributed by atoms with Gasteiger partial charge in [-0.2, -0.15) is 0 Å². The molecule has 1 aromatic rings. The Balaban J connectivity index is 2.61. The fourth-order valence-corrected chi connectivity index (χ4v) is 2.28. The largest absolute Gasteiger partial charge is 0.491 e. The van der Waals surface area contributed by atoms with Gasteiger partial charge in [-0.05, 0) is 49.9 Å². The van der Waals surface area contributed by atoms with Crippen molar-refractivity contribution in [1.82, 2.24) is 5.32 Å². The van der Waals surface area contributed by atoms with Crippen LogP contribution in [0.5, 0.6) is 5.75 Å². The fourth-order valence-electron chi connectivity index (χ4n) is 2.28. The molecule has 120 valence electrons. The van der Waals surface area contributed by atoms with Crippen molar-refractivity contribution in [1.29, 1.82) is 0 Å². The first kappa shape index (κ1) is 18.0. The van der Waals surface area contributed by atoms with Crippen molar-refractivity contribution in [2.24, 2.45) is 0 Å². The van der Waals surface area contributed by atoms with Crippen LogP contribution in [0.2, 0.25) is 0 Å². The van der Waals surface area contributed by atoms with Crippen LogP contribution < -0.4 is 10.1 Å². The molecular formula is C18H31NO2. The van der Waals surface area contributed by atoms with E-state index in [1.165, 1.54) is 5.56 Å². The van der Waals surface area contributed by atoms with Gasteiger partial charge in [0.2, 0.25) is 0 Å². The molecule has 0 bridgehead atoms. The molecule has 1 unspecified atom stereocenters. The summed E-state index contributed by atoms with van der Waals surface area (Å²) in [5.41, 5.74) is 0.576. The molecule has 0 radical (unpaired) electrons. The van der Waals surface area contributed by atoms with Gasteiger partial charge < -0.3 is 15.2 Å². The maximum Gasteiger partial charge on any atom is 0.119 e. The van der Waals surface area contributed by atoms with Gasteiger partial charge in [0, 0.05) is 6.04 Å². The van der Waals surface area contributed by atoms with Crippen LogP contribution in [0.25, 0.3) is 0 Å². The zero-order chi connectivity index (χ0) is 15.7. The molecule has 21 heavy (non-hydrogen) atoms. The highest BCUT2D eigenvalue weighted by atomic mass is 16.5. The highest BCUT2D eigenvalue weighted by Gasteiger charge is 2.23. The quantitative estimate of drug-likeness (QED) is 0.683. The van der Waals surface area contributed by atoms with E-state index in [2.05, 4.69) is 31.3 Å². The fraction of sp³-hybridized carbons (Fsp3) is 0.667. The molecule has 0 amide bonds. The lowest BCUT2D eigenvalue weighted by molar-refractivity contribution is -0.0113. The van der Waals surface area contributed by atoms with Gasteiger partial charge in [-0.3, -0.25) is 0 Å². The normalized spacial score (nSPS) is 13.2. The summed E-state index contributed by atoms with van der Waals surface area (Å²) in [5, 5.41) is 13.8. The highest BCUT2D eigenvalue weighted by Crippen LogP contribution is 2.22. The van der Waals surface area contributed by atoms with E-state index in [0.717, 1.165) is 25.1 Å². The molecule has 3 nitrogen and oxygen atoms in total. The molecule has 1 atom stereocenters. The first-order chi connectivity index (χ1) is 10.1. The maximum absolute atomic E-state index is 10.2. The minimum atomic E-state index is -0.715. The lowest BCUT2D eigenvalue weighted by atomic mass is 9.99. The van der Waals surface area contributed by atoms with Gasteiger partial charge in [0.15, 0.2) is 0 Å². The van der Waals surface area contributed by atoms with E-state index in [4.69, 9.17) is 4.74 Å². The molecule has 0 heterocycles. The van der Waals surface area contributed by atoms with E-state index in [1.54, 1.807) is 0 Å². The van der Waals surface area contributed by atoms with Crippen LogP contribution >= 0.6 is 0 Å². The molecule has 0 fully saturated rings. The number of nitrogens with one attached hydrogen (secondary N) is 1. The summed E-state index contributed by atoms with van der Waals surface area (Å²) in [5.74, 6) is 0.824. The van der Waals surface area contributed by atoms with Gasteiger partial charge in [0.1, 0.15) is 12.4 Å². The average molecular weight is 293 g/mol. The summed E-state index contributed by atoms with van der Waals surface area (Å²) < 4.78 is 5.73. The summed E-state index contributed by atoms with van der Waals surface area (Å²) in [6.45, 7) is 9.74. The first-order valence-corrected chi connectivity index (χ1v) is 8.27. The van der Waals surface area contributed by atoms with E-state index in [9.17, 15) is 5.11 Å². The van der Waals surface area contributed by atoms with Crippen LogP contribution in [-0.4, -0.2) is 23.9 Å². The first-order valence-electron chi connectivity index (χ1n) is 8.27. The van der Waals surface area contributed by atoms with Crippen molar-refractivity contribution >= 4 is 0 Å². The van der Waals surface area contributed by atoms with Crippen LogP contribution in [0.15, 0.2) is 24.3 Å². The van der Waals surface area contributed by atoms with Crippen LogP contribution in [-0.2, 0) is 0 Å². The summed E-state index contributed by atoms with van der Waals surface area (Å²) in [4.78, 5) is 0. The number of ether oxygens (including phenoxy) is 1. The molecule has 3 heteroatoms. The number of rotatable bonds is 10. The Morgan fingerprint density at radius 3 is 2.19 bits per heavy atom. The Morgan fingerprint density at radius 2 is 1.71 bits per heavy atom. The van der Waals surface area contributed by atoms with Crippen LogP contribution in [0, 0.1) is 0 Å². The molecule has 1 rings (SSSR count). The van der Waals surface area contributed by atoms with Gasteiger partial charge in [0.05, 0.1) is 5.60 Å². The van der Waals surface area contributed by atoms with Gasteiger partial charge in [0.25, 0.3) is 0 Å². The zero-order valence-corrected chi connectivity index (χ0v) is 14.0. The Kier molecular flexibility index (Phi) is 7.76. The smallest absolute Gasteiger partial charge is 0.119 e. The Hall–Kier alpha value is -1.06. The Labute approximate surface area is 129 Å². The van der Waals surface area contributed by atoms with E-state index < -0.39 is 5.60 Å². The lowest BCUT2D eigenvalue weighted by Gasteiger charge is -2.25. The van der Waals surface area contributed by atoms with E-state index in [1.807, 2.05) is 26.0 Å². The number of benzene rings is 1. The maximum atomic E-state index is 10.2. The van der Waals surface area contributed by atoms with Gasteiger partial charge in [-0.15, -0.1) is 0 Å². The predicted molar refractivity (Wildman–Crippen MR) is 88.8 cm³/mol. The summed E-state index contributed by atoms with van der Waals surface area (Å²) in [7, 11) is 0. The molecule has 0 saturated carbocycles. The van der Waals surface area contributed by atoms with Crippen LogP contribution in [0.1, 0.15) is 65.0 Å². The lowest BCUT2D eigenvalue weighted by Crippen LogP contribution is -2.34.